The summed E-state index contributed by atoms with van der Waals surface area (Å²) in [5, 5.41) is 8.24. The van der Waals surface area contributed by atoms with Crippen LogP contribution in [0.4, 0.5) is 5.00 Å². The van der Waals surface area contributed by atoms with Crippen molar-refractivity contribution in [3.8, 4) is 0 Å². The minimum atomic E-state index is -0.271. The Morgan fingerprint density at radius 2 is 1.96 bits per heavy atom. The Morgan fingerprint density at radius 1 is 1.20 bits per heavy atom. The lowest BCUT2D eigenvalue weighted by Crippen LogP contribution is -2.38. The van der Waals surface area contributed by atoms with E-state index in [9.17, 15) is 4.79 Å². The van der Waals surface area contributed by atoms with Gasteiger partial charge in [-0.1, -0.05) is 50.6 Å². The zero-order chi connectivity index (χ0) is 17.8. The first-order valence-electron chi connectivity index (χ1n) is 8.81. The summed E-state index contributed by atoms with van der Waals surface area (Å²) in [7, 11) is 0. The Labute approximate surface area is 157 Å². The monoisotopic (exact) mass is 374 g/mol. The molecule has 1 amide bonds. The van der Waals surface area contributed by atoms with Crippen molar-refractivity contribution in [2.45, 2.75) is 46.2 Å². The predicted molar refractivity (Wildman–Crippen MR) is 105 cm³/mol. The summed E-state index contributed by atoms with van der Waals surface area (Å²) < 4.78 is 0. The minimum absolute atomic E-state index is 0.0189. The molecule has 2 N–H and O–H groups in total. The van der Waals surface area contributed by atoms with E-state index in [-0.39, 0.29) is 12.1 Å². The van der Waals surface area contributed by atoms with E-state index >= 15 is 0 Å². The highest BCUT2D eigenvalue weighted by atomic mass is 35.5. The number of rotatable bonds is 1. The van der Waals surface area contributed by atoms with Crippen LogP contribution < -0.4 is 10.6 Å². The number of anilines is 1. The van der Waals surface area contributed by atoms with Gasteiger partial charge in [-0.05, 0) is 42.2 Å². The van der Waals surface area contributed by atoms with Gasteiger partial charge in [0.05, 0.1) is 5.56 Å². The van der Waals surface area contributed by atoms with Crippen LogP contribution in [-0.4, -0.2) is 5.91 Å². The maximum Gasteiger partial charge on any atom is 0.256 e. The van der Waals surface area contributed by atoms with Crippen LogP contribution in [-0.2, 0) is 12.8 Å². The molecule has 1 aromatic carbocycles. The van der Waals surface area contributed by atoms with Crippen molar-refractivity contribution < 1.29 is 4.79 Å². The topological polar surface area (TPSA) is 41.1 Å². The van der Waals surface area contributed by atoms with Gasteiger partial charge in [0.15, 0.2) is 0 Å². The number of halogens is 1. The van der Waals surface area contributed by atoms with Gasteiger partial charge in [0.2, 0.25) is 0 Å². The van der Waals surface area contributed by atoms with Gasteiger partial charge in [-0.25, -0.2) is 0 Å². The summed E-state index contributed by atoms with van der Waals surface area (Å²) in [5.74, 6) is 0.688. The van der Waals surface area contributed by atoms with Crippen LogP contribution in [0.1, 0.15) is 59.7 Å². The Bertz CT molecular complexity index is 837. The Morgan fingerprint density at radius 3 is 2.68 bits per heavy atom. The van der Waals surface area contributed by atoms with Crippen molar-refractivity contribution in [2.24, 2.45) is 11.3 Å². The molecule has 132 valence electrons. The molecule has 2 aromatic rings. The average Bonchev–Trinajstić information content (AvgIpc) is 2.92. The van der Waals surface area contributed by atoms with Crippen molar-refractivity contribution in [1.82, 2.24) is 5.32 Å². The fourth-order valence-corrected chi connectivity index (χ4v) is 5.50. The normalized spacial score (nSPS) is 22.6. The van der Waals surface area contributed by atoms with Crippen molar-refractivity contribution in [3.63, 3.8) is 0 Å². The fraction of sp³-hybridized carbons (Fsp3) is 0.450. The molecule has 0 bridgehead atoms. The van der Waals surface area contributed by atoms with Gasteiger partial charge in [0.25, 0.3) is 5.91 Å². The van der Waals surface area contributed by atoms with Crippen LogP contribution >= 0.6 is 22.9 Å². The zero-order valence-electron chi connectivity index (χ0n) is 14.8. The van der Waals surface area contributed by atoms with Crippen LogP contribution in [0.2, 0.25) is 5.02 Å². The van der Waals surface area contributed by atoms with Crippen molar-refractivity contribution in [1.29, 1.82) is 0 Å². The molecular weight excluding hydrogens is 352 g/mol. The second-order valence-electron chi connectivity index (χ2n) is 8.09. The molecule has 3 nitrogen and oxygen atoms in total. The third-order valence-corrected chi connectivity index (χ3v) is 7.01. The second kappa shape index (κ2) is 6.03. The van der Waals surface area contributed by atoms with Gasteiger partial charge < -0.3 is 10.6 Å². The molecule has 25 heavy (non-hydrogen) atoms. The molecule has 0 radical (unpaired) electrons. The highest BCUT2D eigenvalue weighted by Gasteiger charge is 2.36. The van der Waals surface area contributed by atoms with Crippen molar-refractivity contribution >= 4 is 33.8 Å². The second-order valence-corrected chi connectivity index (χ2v) is 9.60. The molecule has 5 heteroatoms. The lowest BCUT2D eigenvalue weighted by molar-refractivity contribution is 0.0935. The molecular formula is C20H23ClN2OS. The number of nitrogens with one attached hydrogen (secondary N) is 2. The van der Waals surface area contributed by atoms with E-state index in [0.29, 0.717) is 16.4 Å². The first-order chi connectivity index (χ1) is 11.8. The summed E-state index contributed by atoms with van der Waals surface area (Å²) in [6, 6.07) is 7.65. The summed E-state index contributed by atoms with van der Waals surface area (Å²) in [6.45, 7) is 6.94. The van der Waals surface area contributed by atoms with Crippen LogP contribution in [0.15, 0.2) is 24.3 Å². The van der Waals surface area contributed by atoms with E-state index in [2.05, 4.69) is 31.4 Å². The molecule has 1 aromatic heterocycles. The maximum atomic E-state index is 12.8. The van der Waals surface area contributed by atoms with Gasteiger partial charge in [-0.2, -0.15) is 0 Å². The smallest absolute Gasteiger partial charge is 0.256 e. The molecule has 2 atom stereocenters. The Kier molecular flexibility index (Phi) is 4.08. The number of hydrogen-bond acceptors (Lipinski definition) is 3. The fourth-order valence-electron chi connectivity index (χ4n) is 3.90. The summed E-state index contributed by atoms with van der Waals surface area (Å²) in [5.41, 5.74) is 3.32. The van der Waals surface area contributed by atoms with Crippen LogP contribution in [0.3, 0.4) is 0 Å². The number of thiophene rings is 1. The molecule has 2 heterocycles. The molecule has 0 unspecified atom stereocenters. The predicted octanol–water partition coefficient (Wildman–Crippen LogP) is 5.41. The molecule has 1 aliphatic carbocycles. The SMILES string of the molecule is CC(C)(C)[C@@H]1CCc2c(sc3c2C(=O)N[C@@H](c2ccccc2Cl)N3)C1. The summed E-state index contributed by atoms with van der Waals surface area (Å²) in [6.07, 6.45) is 2.95. The van der Waals surface area contributed by atoms with E-state index in [1.165, 1.54) is 10.4 Å². The number of fused-ring (bicyclic) bond motifs is 3. The molecule has 0 fully saturated rings. The lowest BCUT2D eigenvalue weighted by atomic mass is 9.72. The van der Waals surface area contributed by atoms with E-state index < -0.39 is 0 Å². The Hall–Kier alpha value is -1.52. The van der Waals surface area contributed by atoms with Gasteiger partial charge >= 0.3 is 0 Å². The van der Waals surface area contributed by atoms with E-state index in [1.807, 2.05) is 24.3 Å². The van der Waals surface area contributed by atoms with E-state index in [4.69, 9.17) is 11.6 Å². The Balaban J connectivity index is 1.67. The minimum Gasteiger partial charge on any atom is -0.353 e. The van der Waals surface area contributed by atoms with E-state index in [1.54, 1.807) is 11.3 Å². The molecule has 2 aliphatic rings. The van der Waals surface area contributed by atoms with Crippen LogP contribution in [0.5, 0.6) is 0 Å². The quantitative estimate of drug-likeness (QED) is 0.701. The van der Waals surface area contributed by atoms with Gasteiger partial charge in [-0.15, -0.1) is 11.3 Å². The highest BCUT2D eigenvalue weighted by molar-refractivity contribution is 7.16. The lowest BCUT2D eigenvalue weighted by Gasteiger charge is -2.34. The molecule has 0 saturated carbocycles. The molecule has 1 aliphatic heterocycles. The van der Waals surface area contributed by atoms with Gasteiger partial charge in [-0.3, -0.25) is 4.79 Å². The standard InChI is InChI=1S/C20H23ClN2OS/c1-20(2,3)11-8-9-13-15(10-11)25-19-16(13)18(24)22-17(23-19)12-6-4-5-7-14(12)21/h4-7,11,17,23H,8-10H2,1-3H3,(H,22,24)/t11-,17-/m1/s1. The maximum absolute atomic E-state index is 12.8. The van der Waals surface area contributed by atoms with Crippen molar-refractivity contribution in [2.75, 3.05) is 5.32 Å². The first kappa shape index (κ1) is 16.9. The number of amides is 1. The summed E-state index contributed by atoms with van der Waals surface area (Å²) in [4.78, 5) is 14.2. The highest BCUT2D eigenvalue weighted by Crippen LogP contribution is 2.46. The first-order valence-corrected chi connectivity index (χ1v) is 10.0. The number of hydrogen-bond donors (Lipinski definition) is 2. The molecule has 0 saturated heterocycles. The number of carbonyl (C=O) groups is 1. The molecule has 0 spiro atoms. The molecule has 4 rings (SSSR count). The van der Waals surface area contributed by atoms with E-state index in [0.717, 1.165) is 35.4 Å². The number of benzene rings is 1. The summed E-state index contributed by atoms with van der Waals surface area (Å²) >= 11 is 8.07. The number of carbonyl (C=O) groups excluding carboxylic acids is 1. The average molecular weight is 375 g/mol. The van der Waals surface area contributed by atoms with Crippen LogP contribution in [0, 0.1) is 11.3 Å². The van der Waals surface area contributed by atoms with Crippen LogP contribution in [0.25, 0.3) is 0 Å². The van der Waals surface area contributed by atoms with Crippen molar-refractivity contribution in [3.05, 3.63) is 50.9 Å². The third-order valence-electron chi connectivity index (χ3n) is 5.48. The third kappa shape index (κ3) is 2.96. The zero-order valence-corrected chi connectivity index (χ0v) is 16.4. The van der Waals surface area contributed by atoms with Gasteiger partial charge in [0, 0.05) is 15.5 Å². The largest absolute Gasteiger partial charge is 0.353 e. The van der Waals surface area contributed by atoms with Gasteiger partial charge in [0.1, 0.15) is 11.2 Å².